The summed E-state index contributed by atoms with van der Waals surface area (Å²) >= 11 is 6.19. The van der Waals surface area contributed by atoms with E-state index >= 15 is 0 Å². The predicted molar refractivity (Wildman–Crippen MR) is 99.0 cm³/mol. The quantitative estimate of drug-likeness (QED) is 0.383. The van der Waals surface area contributed by atoms with Crippen LogP contribution < -0.4 is 0 Å². The number of halogens is 3. The molecule has 1 aromatic carbocycles. The average molecular weight is 425 g/mol. The third kappa shape index (κ3) is 3.49. The molecule has 0 unspecified atom stereocenters. The molecule has 4 rings (SSSR count). The normalized spacial score (nSPS) is 12.2. The predicted octanol–water partition coefficient (Wildman–Crippen LogP) is 3.64. The van der Waals surface area contributed by atoms with Crippen molar-refractivity contribution in [3.8, 4) is 0 Å². The first-order valence-electron chi connectivity index (χ1n) is 7.99. The molecule has 4 aromatic rings. The molecule has 0 spiro atoms. The van der Waals surface area contributed by atoms with Gasteiger partial charge in [0, 0.05) is 12.3 Å². The number of fused-ring (bicyclic) bond motifs is 3. The van der Waals surface area contributed by atoms with Crippen molar-refractivity contribution in [2.24, 2.45) is 0 Å². The lowest BCUT2D eigenvalue weighted by Crippen LogP contribution is -2.03. The maximum absolute atomic E-state index is 14.4. The Morgan fingerprint density at radius 2 is 1.93 bits per heavy atom. The molecule has 0 aliphatic carbocycles. The first-order chi connectivity index (χ1) is 13.2. The Labute approximate surface area is 161 Å². The highest BCUT2D eigenvalue weighted by Crippen LogP contribution is 2.39. The van der Waals surface area contributed by atoms with E-state index in [1.54, 1.807) is 10.6 Å². The van der Waals surface area contributed by atoms with Crippen LogP contribution in [-0.4, -0.2) is 29.3 Å². The average Bonchev–Trinajstić information content (AvgIpc) is 2.90. The first kappa shape index (κ1) is 18.9. The van der Waals surface area contributed by atoms with Gasteiger partial charge in [0.2, 0.25) is 0 Å². The molecule has 0 amide bonds. The van der Waals surface area contributed by atoms with Crippen LogP contribution in [-0.2, 0) is 17.3 Å². The van der Waals surface area contributed by atoms with Crippen LogP contribution >= 0.6 is 19.2 Å². The van der Waals surface area contributed by atoms with Crippen molar-refractivity contribution in [2.75, 3.05) is 0 Å². The number of benzene rings is 1. The molecule has 28 heavy (non-hydrogen) atoms. The summed E-state index contributed by atoms with van der Waals surface area (Å²) in [5, 5.41) is 0.206. The summed E-state index contributed by atoms with van der Waals surface area (Å²) in [5.74, 6) is -1.51. The zero-order chi connectivity index (χ0) is 20.1. The van der Waals surface area contributed by atoms with Crippen LogP contribution in [0, 0.1) is 11.6 Å². The van der Waals surface area contributed by atoms with Gasteiger partial charge in [0.1, 0.15) is 29.0 Å². The van der Waals surface area contributed by atoms with Gasteiger partial charge in [-0.25, -0.2) is 18.7 Å². The number of hydrogen-bond acceptors (Lipinski definition) is 4. The van der Waals surface area contributed by atoms with Gasteiger partial charge in [0.05, 0.1) is 29.3 Å². The molecule has 144 valence electrons. The molecule has 0 saturated heterocycles. The zero-order valence-electron chi connectivity index (χ0n) is 14.1. The second-order valence-corrected chi connectivity index (χ2v) is 8.21. The van der Waals surface area contributed by atoms with E-state index in [2.05, 4.69) is 15.0 Å². The smallest absolute Gasteiger partial charge is 0.329 e. The highest BCUT2D eigenvalue weighted by Gasteiger charge is 2.20. The van der Waals surface area contributed by atoms with E-state index in [1.807, 2.05) is 0 Å². The van der Waals surface area contributed by atoms with E-state index in [-0.39, 0.29) is 28.1 Å². The van der Waals surface area contributed by atoms with Gasteiger partial charge in [-0.05, 0) is 17.7 Å². The maximum Gasteiger partial charge on any atom is 0.329 e. The van der Waals surface area contributed by atoms with Gasteiger partial charge >= 0.3 is 7.60 Å². The van der Waals surface area contributed by atoms with Crippen molar-refractivity contribution in [3.05, 3.63) is 64.8 Å². The second kappa shape index (κ2) is 6.86. The van der Waals surface area contributed by atoms with Crippen molar-refractivity contribution in [1.29, 1.82) is 0 Å². The summed E-state index contributed by atoms with van der Waals surface area (Å²) in [6.07, 6.45) is 2.12. The Kier molecular flexibility index (Phi) is 4.63. The molecule has 3 aromatic heterocycles. The molecule has 0 atom stereocenters. The van der Waals surface area contributed by atoms with Gasteiger partial charge in [-0.2, -0.15) is 0 Å². The van der Waals surface area contributed by atoms with Gasteiger partial charge < -0.3 is 14.4 Å². The van der Waals surface area contributed by atoms with Crippen LogP contribution in [0.15, 0.2) is 36.8 Å². The fourth-order valence-corrected chi connectivity index (χ4v) is 4.01. The summed E-state index contributed by atoms with van der Waals surface area (Å²) in [5.41, 5.74) is 1.71. The van der Waals surface area contributed by atoms with E-state index in [0.29, 0.717) is 16.8 Å². The Balaban J connectivity index is 1.85. The van der Waals surface area contributed by atoms with Crippen LogP contribution in [0.2, 0.25) is 5.15 Å². The molecule has 0 fully saturated rings. The minimum Gasteiger partial charge on any atom is -0.330 e. The van der Waals surface area contributed by atoms with Crippen molar-refractivity contribution >= 4 is 41.1 Å². The van der Waals surface area contributed by atoms with Gasteiger partial charge in [0.25, 0.3) is 0 Å². The molecule has 3 heterocycles. The lowest BCUT2D eigenvalue weighted by atomic mass is 10.2. The van der Waals surface area contributed by atoms with Crippen LogP contribution in [0.3, 0.4) is 0 Å². The Hall–Kier alpha value is -2.45. The topological polar surface area (TPSA) is 101 Å². The molecular weight excluding hydrogens is 413 g/mol. The van der Waals surface area contributed by atoms with Crippen LogP contribution in [0.4, 0.5) is 8.78 Å². The minimum atomic E-state index is -4.20. The van der Waals surface area contributed by atoms with Crippen LogP contribution in [0.25, 0.3) is 21.9 Å². The van der Waals surface area contributed by atoms with E-state index < -0.39 is 25.4 Å². The number of rotatable bonds is 4. The Morgan fingerprint density at radius 1 is 1.14 bits per heavy atom. The zero-order valence-corrected chi connectivity index (χ0v) is 15.7. The van der Waals surface area contributed by atoms with Crippen molar-refractivity contribution in [3.63, 3.8) is 0 Å². The van der Waals surface area contributed by atoms with E-state index in [1.165, 1.54) is 24.7 Å². The largest absolute Gasteiger partial charge is 0.330 e. The fourth-order valence-electron chi connectivity index (χ4n) is 3.11. The SMILES string of the molecule is O=P(O)(O)Cc1ccc(Cn2c3cc(F)cc(F)c3c3ncnc(Cl)c32)nc1. The van der Waals surface area contributed by atoms with Crippen LogP contribution in [0.5, 0.6) is 0 Å². The summed E-state index contributed by atoms with van der Waals surface area (Å²) in [7, 11) is -4.20. The van der Waals surface area contributed by atoms with E-state index in [0.717, 1.165) is 6.07 Å². The standard InChI is InChI=1S/C17H12ClF2N4O3P/c18-17-16-15(22-8-23-17)14-12(20)3-10(19)4-13(14)24(16)6-11-2-1-9(5-21-11)7-28(25,26)27/h1-5,8H,6-7H2,(H2,25,26,27). The summed E-state index contributed by atoms with van der Waals surface area (Å²) in [6.45, 7) is 0.103. The Morgan fingerprint density at radius 3 is 2.61 bits per heavy atom. The first-order valence-corrected chi connectivity index (χ1v) is 10.2. The highest BCUT2D eigenvalue weighted by atomic mass is 35.5. The summed E-state index contributed by atoms with van der Waals surface area (Å²) in [4.78, 5) is 30.3. The molecule has 11 heteroatoms. The summed E-state index contributed by atoms with van der Waals surface area (Å²) in [6, 6.07) is 5.07. The second-order valence-electron chi connectivity index (χ2n) is 6.21. The van der Waals surface area contributed by atoms with Crippen molar-refractivity contribution in [2.45, 2.75) is 12.7 Å². The molecule has 2 N–H and O–H groups in total. The third-order valence-corrected chi connectivity index (χ3v) is 5.26. The molecule has 0 radical (unpaired) electrons. The van der Waals surface area contributed by atoms with Crippen molar-refractivity contribution in [1.82, 2.24) is 19.5 Å². The number of nitrogens with zero attached hydrogens (tertiary/aromatic N) is 4. The van der Waals surface area contributed by atoms with E-state index in [9.17, 15) is 13.3 Å². The molecule has 0 bridgehead atoms. The molecule has 0 saturated carbocycles. The maximum atomic E-state index is 14.4. The van der Waals surface area contributed by atoms with Gasteiger partial charge in [-0.3, -0.25) is 9.55 Å². The Bertz CT molecular complexity index is 1260. The molecular formula is C17H12ClF2N4O3P. The summed E-state index contributed by atoms with van der Waals surface area (Å²) < 4.78 is 40.9. The van der Waals surface area contributed by atoms with Gasteiger partial charge in [-0.1, -0.05) is 17.7 Å². The van der Waals surface area contributed by atoms with Crippen LogP contribution in [0.1, 0.15) is 11.3 Å². The molecule has 7 nitrogen and oxygen atoms in total. The lowest BCUT2D eigenvalue weighted by Gasteiger charge is -2.09. The fraction of sp³-hybridized carbons (Fsp3) is 0.118. The third-order valence-electron chi connectivity index (χ3n) is 4.20. The van der Waals surface area contributed by atoms with Gasteiger partial charge in [0.15, 0.2) is 5.15 Å². The van der Waals surface area contributed by atoms with Crippen molar-refractivity contribution < 1.29 is 23.1 Å². The number of aromatic nitrogens is 4. The monoisotopic (exact) mass is 424 g/mol. The van der Waals surface area contributed by atoms with E-state index in [4.69, 9.17) is 21.4 Å². The molecule has 0 aliphatic heterocycles. The van der Waals surface area contributed by atoms with Gasteiger partial charge in [-0.15, -0.1) is 0 Å². The highest BCUT2D eigenvalue weighted by molar-refractivity contribution is 7.50. The minimum absolute atomic E-state index is 0.0825. The molecule has 0 aliphatic rings. The number of pyridine rings is 1. The number of hydrogen-bond donors (Lipinski definition) is 2. The lowest BCUT2D eigenvalue weighted by molar-refractivity contribution is 0.371.